The molecule has 1 aromatic carbocycles. The Morgan fingerprint density at radius 1 is 1.18 bits per heavy atom. The van der Waals surface area contributed by atoms with Gasteiger partial charge in [-0.25, -0.2) is 0 Å². The van der Waals surface area contributed by atoms with E-state index in [-0.39, 0.29) is 6.10 Å². The first-order valence-electron chi connectivity index (χ1n) is 8.14. The highest BCUT2D eigenvalue weighted by Gasteiger charge is 2.22. The number of hydrogen-bond donors (Lipinski definition) is 2. The maximum absolute atomic E-state index is 9.97. The molecule has 0 amide bonds. The van der Waals surface area contributed by atoms with E-state index in [1.807, 2.05) is 30.3 Å². The van der Waals surface area contributed by atoms with E-state index in [2.05, 4.69) is 14.7 Å². The van der Waals surface area contributed by atoms with Gasteiger partial charge in [0.25, 0.3) is 0 Å². The number of aliphatic hydroxyl groups is 1. The molecule has 118 valence electrons. The summed E-state index contributed by atoms with van der Waals surface area (Å²) in [6, 6.07) is 10.0. The van der Waals surface area contributed by atoms with Crippen molar-refractivity contribution >= 4 is 16.7 Å². The van der Waals surface area contributed by atoms with Gasteiger partial charge >= 0.3 is 0 Å². The van der Waals surface area contributed by atoms with Gasteiger partial charge < -0.3 is 10.4 Å². The van der Waals surface area contributed by atoms with Crippen molar-refractivity contribution in [2.45, 2.75) is 44.6 Å². The highest BCUT2D eigenvalue weighted by molar-refractivity contribution is 7.09. The van der Waals surface area contributed by atoms with Crippen LogP contribution in [0.5, 0.6) is 0 Å². The summed E-state index contributed by atoms with van der Waals surface area (Å²) in [4.78, 5) is 4.53. The van der Waals surface area contributed by atoms with Crippen LogP contribution in [0.2, 0.25) is 0 Å². The van der Waals surface area contributed by atoms with Crippen LogP contribution in [0.1, 0.15) is 38.5 Å². The van der Waals surface area contributed by atoms with Crippen LogP contribution in [0.25, 0.3) is 11.4 Å². The second-order valence-corrected chi connectivity index (χ2v) is 6.72. The Labute approximate surface area is 135 Å². The monoisotopic (exact) mass is 317 g/mol. The highest BCUT2D eigenvalue weighted by atomic mass is 32.1. The molecule has 1 saturated carbocycles. The number of hydrogen-bond acceptors (Lipinski definition) is 5. The molecule has 2 N–H and O–H groups in total. The quantitative estimate of drug-likeness (QED) is 0.792. The van der Waals surface area contributed by atoms with E-state index in [4.69, 9.17) is 0 Å². The third-order valence-corrected chi connectivity index (χ3v) is 5.03. The maximum Gasteiger partial charge on any atom is 0.202 e. The van der Waals surface area contributed by atoms with Crippen LogP contribution in [0.4, 0.5) is 5.13 Å². The molecule has 0 aliphatic heterocycles. The normalized spacial score (nSPS) is 21.7. The van der Waals surface area contributed by atoms with Crippen molar-refractivity contribution in [1.82, 2.24) is 9.36 Å². The molecule has 2 unspecified atom stereocenters. The smallest absolute Gasteiger partial charge is 0.202 e. The van der Waals surface area contributed by atoms with E-state index in [0.717, 1.165) is 42.3 Å². The molecule has 0 radical (unpaired) electrons. The predicted octanol–water partition coefficient (Wildman–Crippen LogP) is 3.95. The van der Waals surface area contributed by atoms with Crippen LogP contribution in [-0.4, -0.2) is 27.1 Å². The molecule has 3 rings (SSSR count). The lowest BCUT2D eigenvalue weighted by atomic mass is 9.83. The van der Waals surface area contributed by atoms with Gasteiger partial charge in [0.1, 0.15) is 0 Å². The van der Waals surface area contributed by atoms with E-state index < -0.39 is 0 Å². The van der Waals surface area contributed by atoms with Crippen LogP contribution in [0, 0.1) is 5.92 Å². The third-order valence-electron chi connectivity index (χ3n) is 4.35. The lowest BCUT2D eigenvalue weighted by Gasteiger charge is -2.27. The Kier molecular flexibility index (Phi) is 5.40. The average Bonchev–Trinajstić information content (AvgIpc) is 3.03. The fourth-order valence-electron chi connectivity index (χ4n) is 3.08. The Morgan fingerprint density at radius 3 is 2.82 bits per heavy atom. The van der Waals surface area contributed by atoms with Crippen molar-refractivity contribution in [2.24, 2.45) is 5.92 Å². The van der Waals surface area contributed by atoms with Gasteiger partial charge in [-0.3, -0.25) is 0 Å². The SMILES string of the molecule is OC1CCCCC1CCCNc1nc(-c2ccccc2)ns1. The van der Waals surface area contributed by atoms with Gasteiger partial charge in [0.05, 0.1) is 6.10 Å². The highest BCUT2D eigenvalue weighted by Crippen LogP contribution is 2.28. The Balaban J connectivity index is 1.43. The molecule has 0 spiro atoms. The van der Waals surface area contributed by atoms with Crippen molar-refractivity contribution in [1.29, 1.82) is 0 Å². The van der Waals surface area contributed by atoms with E-state index in [1.165, 1.54) is 30.8 Å². The summed E-state index contributed by atoms with van der Waals surface area (Å²) in [5.41, 5.74) is 1.05. The Morgan fingerprint density at radius 2 is 2.00 bits per heavy atom. The first-order chi connectivity index (χ1) is 10.8. The summed E-state index contributed by atoms with van der Waals surface area (Å²) < 4.78 is 4.40. The van der Waals surface area contributed by atoms with Gasteiger partial charge in [0, 0.05) is 23.6 Å². The summed E-state index contributed by atoms with van der Waals surface area (Å²) in [5, 5.41) is 14.2. The third kappa shape index (κ3) is 4.05. The zero-order valence-corrected chi connectivity index (χ0v) is 13.6. The van der Waals surface area contributed by atoms with Gasteiger partial charge in [0.2, 0.25) is 5.13 Å². The predicted molar refractivity (Wildman–Crippen MR) is 91.0 cm³/mol. The molecule has 2 aromatic rings. The van der Waals surface area contributed by atoms with Crippen molar-refractivity contribution in [3.8, 4) is 11.4 Å². The zero-order chi connectivity index (χ0) is 15.2. The van der Waals surface area contributed by atoms with Gasteiger partial charge in [-0.05, 0) is 31.6 Å². The number of anilines is 1. The van der Waals surface area contributed by atoms with E-state index >= 15 is 0 Å². The molecule has 22 heavy (non-hydrogen) atoms. The summed E-state index contributed by atoms with van der Waals surface area (Å²) in [7, 11) is 0. The van der Waals surface area contributed by atoms with Crippen LogP contribution in [-0.2, 0) is 0 Å². The number of nitrogens with one attached hydrogen (secondary N) is 1. The van der Waals surface area contributed by atoms with E-state index in [0.29, 0.717) is 5.92 Å². The summed E-state index contributed by atoms with van der Waals surface area (Å²) in [5.74, 6) is 1.28. The molecule has 5 heteroatoms. The van der Waals surface area contributed by atoms with Crippen molar-refractivity contribution in [3.05, 3.63) is 30.3 Å². The molecule has 0 bridgehead atoms. The average molecular weight is 317 g/mol. The molecule has 2 atom stereocenters. The van der Waals surface area contributed by atoms with Gasteiger partial charge in [-0.1, -0.05) is 43.2 Å². The summed E-state index contributed by atoms with van der Waals surface area (Å²) in [6.07, 6.45) is 6.70. The number of aliphatic hydroxyl groups excluding tert-OH is 1. The van der Waals surface area contributed by atoms with Crippen LogP contribution < -0.4 is 5.32 Å². The first kappa shape index (κ1) is 15.4. The minimum atomic E-state index is -0.0834. The zero-order valence-electron chi connectivity index (χ0n) is 12.7. The molecular formula is C17H23N3OS. The maximum atomic E-state index is 9.97. The van der Waals surface area contributed by atoms with Crippen LogP contribution in [0.15, 0.2) is 30.3 Å². The minimum absolute atomic E-state index is 0.0834. The first-order valence-corrected chi connectivity index (χ1v) is 8.91. The van der Waals surface area contributed by atoms with Gasteiger partial charge in [-0.15, -0.1) is 0 Å². The molecular weight excluding hydrogens is 294 g/mol. The fourth-order valence-corrected chi connectivity index (χ4v) is 3.70. The second kappa shape index (κ2) is 7.70. The van der Waals surface area contributed by atoms with Crippen molar-refractivity contribution in [2.75, 3.05) is 11.9 Å². The fraction of sp³-hybridized carbons (Fsp3) is 0.529. The molecule has 1 aliphatic rings. The second-order valence-electron chi connectivity index (χ2n) is 5.97. The van der Waals surface area contributed by atoms with Crippen LogP contribution >= 0.6 is 11.5 Å². The lowest BCUT2D eigenvalue weighted by molar-refractivity contribution is 0.0648. The van der Waals surface area contributed by atoms with Gasteiger partial charge in [-0.2, -0.15) is 9.36 Å². The molecule has 1 heterocycles. The Bertz CT molecular complexity index is 572. The van der Waals surface area contributed by atoms with E-state index in [1.54, 1.807) is 0 Å². The number of aromatic nitrogens is 2. The Hall–Kier alpha value is -1.46. The largest absolute Gasteiger partial charge is 0.393 e. The molecule has 4 nitrogen and oxygen atoms in total. The topological polar surface area (TPSA) is 58.0 Å². The standard InChI is InChI=1S/C17H23N3OS/c21-15-11-5-4-7-13(15)10-6-12-18-17-19-16(20-22-17)14-8-2-1-3-9-14/h1-3,8-9,13,15,21H,4-7,10-12H2,(H,18,19,20). The van der Waals surface area contributed by atoms with E-state index in [9.17, 15) is 5.11 Å². The van der Waals surface area contributed by atoms with Crippen molar-refractivity contribution in [3.63, 3.8) is 0 Å². The number of benzene rings is 1. The molecule has 1 aromatic heterocycles. The summed E-state index contributed by atoms with van der Waals surface area (Å²) in [6.45, 7) is 0.895. The van der Waals surface area contributed by atoms with Gasteiger partial charge in [0.15, 0.2) is 5.82 Å². The van der Waals surface area contributed by atoms with Crippen molar-refractivity contribution < 1.29 is 5.11 Å². The molecule has 1 fully saturated rings. The van der Waals surface area contributed by atoms with Crippen LogP contribution in [0.3, 0.4) is 0 Å². The molecule has 0 saturated heterocycles. The number of nitrogens with zero attached hydrogens (tertiary/aromatic N) is 2. The minimum Gasteiger partial charge on any atom is -0.393 e. The molecule has 1 aliphatic carbocycles. The summed E-state index contributed by atoms with van der Waals surface area (Å²) >= 11 is 1.41. The number of rotatable bonds is 6. The lowest BCUT2D eigenvalue weighted by Crippen LogP contribution is -2.24.